The second kappa shape index (κ2) is 14.2. The molecule has 0 aliphatic rings. The van der Waals surface area contributed by atoms with Crippen LogP contribution in [-0.4, -0.2) is 47.6 Å². The summed E-state index contributed by atoms with van der Waals surface area (Å²) in [6.07, 6.45) is -0.336. The maximum Gasteiger partial charge on any atom is 1.00 e. The van der Waals surface area contributed by atoms with Crippen molar-refractivity contribution in [3.8, 4) is 0 Å². The molecule has 0 saturated carbocycles. The smallest absolute Gasteiger partial charge is 0.550 e. The summed E-state index contributed by atoms with van der Waals surface area (Å²) in [5, 5.41) is 31.6. The van der Waals surface area contributed by atoms with Crippen LogP contribution in [0.3, 0.4) is 0 Å². The molecule has 0 aliphatic carbocycles. The third kappa shape index (κ3) is 13.3. The first kappa shape index (κ1) is 26.5. The molecule has 2 atom stereocenters. The summed E-state index contributed by atoms with van der Waals surface area (Å²) in [6.45, 7) is 0.109. The number of carbonyl (C=O) groups excluding carboxylic acids is 2. The van der Waals surface area contributed by atoms with Crippen LogP contribution in [0.4, 0.5) is 0 Å². The summed E-state index contributed by atoms with van der Waals surface area (Å²) < 4.78 is 0. The number of nitrogens with one attached hydrogen (secondary N) is 1. The number of hydrogen-bond acceptors (Lipinski definition) is 7. The van der Waals surface area contributed by atoms with Gasteiger partial charge in [0.1, 0.15) is 6.04 Å². The Hall–Kier alpha value is -0.360. The Morgan fingerprint density at radius 2 is 1.77 bits per heavy atom. The molecule has 12 heteroatoms. The minimum absolute atomic E-state index is 0. The summed E-state index contributed by atoms with van der Waals surface area (Å²) >= 11 is 0. The van der Waals surface area contributed by atoms with Gasteiger partial charge in [-0.15, -0.1) is 0 Å². The summed E-state index contributed by atoms with van der Waals surface area (Å²) in [6, 6.07) is -2.56. The molecule has 2 unspecified atom stereocenters. The summed E-state index contributed by atoms with van der Waals surface area (Å²) in [5.74, 6) is -4.59. The van der Waals surface area contributed by atoms with Crippen molar-refractivity contribution in [3.63, 3.8) is 0 Å². The average molecular weight is 334 g/mol. The van der Waals surface area contributed by atoms with Crippen molar-refractivity contribution in [3.05, 3.63) is 0 Å². The second-order valence-electron chi connectivity index (χ2n) is 3.95. The van der Waals surface area contributed by atoms with Crippen LogP contribution in [0.2, 0.25) is 0 Å². The first-order chi connectivity index (χ1) is 9.23. The van der Waals surface area contributed by atoms with E-state index in [9.17, 15) is 24.6 Å². The molecule has 0 aromatic carbocycles. The third-order valence-corrected chi connectivity index (χ3v) is 2.25. The first-order valence-corrected chi connectivity index (χ1v) is 5.69. The Kier molecular flexibility index (Phi) is 17.2. The largest absolute Gasteiger partial charge is 1.00 e. The van der Waals surface area contributed by atoms with Crippen LogP contribution >= 0.6 is 0 Å². The first-order valence-electron chi connectivity index (χ1n) is 5.69. The van der Waals surface area contributed by atoms with Crippen LogP contribution in [0.15, 0.2) is 4.99 Å². The molecule has 0 heterocycles. The molecule has 0 aromatic rings. The van der Waals surface area contributed by atoms with Gasteiger partial charge in [-0.2, -0.15) is 0 Å². The molecule has 0 saturated heterocycles. The van der Waals surface area contributed by atoms with Gasteiger partial charge in [0.25, 0.3) is 0 Å². The number of aliphatic imine (C=N–C) groups is 1. The maximum atomic E-state index is 10.7. The molecule has 0 radical (unpaired) electrons. The predicted octanol–water partition coefficient (Wildman–Crippen LogP) is -10.7. The molecular formula is C10H16N4Na2O6. The van der Waals surface area contributed by atoms with Crippen molar-refractivity contribution >= 4 is 23.9 Å². The van der Waals surface area contributed by atoms with Crippen LogP contribution in [0.25, 0.3) is 0 Å². The van der Waals surface area contributed by atoms with Gasteiger partial charge in [-0.25, -0.2) is 4.79 Å². The van der Waals surface area contributed by atoms with E-state index in [1.54, 1.807) is 0 Å². The number of nitrogens with zero attached hydrogens (tertiary/aromatic N) is 1. The van der Waals surface area contributed by atoms with Crippen molar-refractivity contribution < 1.29 is 88.8 Å². The maximum absolute atomic E-state index is 10.7. The molecule has 6 N–H and O–H groups in total. The predicted molar refractivity (Wildman–Crippen MR) is 62.9 cm³/mol. The van der Waals surface area contributed by atoms with Crippen LogP contribution in [0.5, 0.6) is 0 Å². The van der Waals surface area contributed by atoms with Gasteiger partial charge in [0.05, 0.1) is 5.97 Å². The Labute approximate surface area is 171 Å². The Morgan fingerprint density at radius 3 is 2.18 bits per heavy atom. The number of rotatable bonds is 9. The van der Waals surface area contributed by atoms with E-state index in [1.807, 2.05) is 0 Å². The normalized spacial score (nSPS) is 13.0. The van der Waals surface area contributed by atoms with E-state index < -0.39 is 36.4 Å². The van der Waals surface area contributed by atoms with E-state index in [0.29, 0.717) is 6.42 Å². The Morgan fingerprint density at radius 1 is 1.23 bits per heavy atom. The number of carboxylic acids is 3. The van der Waals surface area contributed by atoms with Gasteiger partial charge in [0.2, 0.25) is 0 Å². The molecule has 0 aromatic heterocycles. The third-order valence-electron chi connectivity index (χ3n) is 2.25. The molecule has 0 amide bonds. The number of carboxylic acid groups (broad SMARTS) is 3. The van der Waals surface area contributed by atoms with Crippen molar-refractivity contribution in [2.24, 2.45) is 16.5 Å². The van der Waals surface area contributed by atoms with Gasteiger partial charge >= 0.3 is 65.1 Å². The second-order valence-corrected chi connectivity index (χ2v) is 3.95. The fourth-order valence-electron chi connectivity index (χ4n) is 1.22. The van der Waals surface area contributed by atoms with E-state index in [-0.39, 0.29) is 78.0 Å². The molecule has 0 fully saturated rings. The van der Waals surface area contributed by atoms with Crippen molar-refractivity contribution in [1.82, 2.24) is 5.32 Å². The standard InChI is InChI=1S/C10H18N4O6.2Na/c11-5(8(17)18)2-1-3-13-10(12)14-6(9(19)20)4-7(15)16;;/h5-6H,1-4,11H2,(H,15,16)(H,17,18)(H,19,20)(H3,12,13,14);;/q;2*+1/p-2. The molecule has 22 heavy (non-hydrogen) atoms. The van der Waals surface area contributed by atoms with Gasteiger partial charge in [0.15, 0.2) is 5.96 Å². The zero-order valence-corrected chi connectivity index (χ0v) is 16.6. The van der Waals surface area contributed by atoms with Crippen LogP contribution < -0.4 is 86.1 Å². The van der Waals surface area contributed by atoms with Gasteiger partial charge < -0.3 is 41.7 Å². The molecule has 0 spiro atoms. The van der Waals surface area contributed by atoms with Crippen LogP contribution in [-0.2, 0) is 14.4 Å². The minimum atomic E-state index is -1.54. The minimum Gasteiger partial charge on any atom is -0.550 e. The van der Waals surface area contributed by atoms with E-state index >= 15 is 0 Å². The zero-order chi connectivity index (χ0) is 15.7. The molecular weight excluding hydrogens is 318 g/mol. The van der Waals surface area contributed by atoms with Gasteiger partial charge in [-0.3, -0.25) is 4.99 Å². The Bertz CT molecular complexity index is 407. The van der Waals surface area contributed by atoms with Crippen LogP contribution in [0, 0.1) is 0 Å². The molecule has 10 nitrogen and oxygen atoms in total. The summed E-state index contributed by atoms with van der Waals surface area (Å²) in [4.78, 5) is 35.1. The average Bonchev–Trinajstić information content (AvgIpc) is 2.32. The number of carbonyl (C=O) groups is 3. The zero-order valence-electron chi connectivity index (χ0n) is 12.6. The van der Waals surface area contributed by atoms with Gasteiger partial charge in [0, 0.05) is 25.0 Å². The number of guanidine groups is 1. The van der Waals surface area contributed by atoms with Gasteiger partial charge in [-0.05, 0) is 12.8 Å². The van der Waals surface area contributed by atoms with E-state index in [2.05, 4.69) is 10.3 Å². The SMILES string of the molecule is NC(=NCCCC(N)C(=O)[O-])NC(CC(=O)[O-])C(=O)O.[Na+].[Na+]. The van der Waals surface area contributed by atoms with Crippen molar-refractivity contribution in [1.29, 1.82) is 0 Å². The topological polar surface area (TPSA) is 194 Å². The van der Waals surface area contributed by atoms with E-state index in [1.165, 1.54) is 0 Å². The molecule has 0 rings (SSSR count). The number of aliphatic carboxylic acids is 3. The number of nitrogens with two attached hydrogens (primary N) is 2. The molecule has 0 bridgehead atoms. The fraction of sp³-hybridized carbons (Fsp3) is 0.600. The van der Waals surface area contributed by atoms with E-state index in [4.69, 9.17) is 16.6 Å². The molecule has 0 aliphatic heterocycles. The molecule has 114 valence electrons. The van der Waals surface area contributed by atoms with Crippen molar-refractivity contribution in [2.45, 2.75) is 31.3 Å². The summed E-state index contributed by atoms with van der Waals surface area (Å²) in [5.41, 5.74) is 10.6. The fourth-order valence-corrected chi connectivity index (χ4v) is 1.22. The summed E-state index contributed by atoms with van der Waals surface area (Å²) in [7, 11) is 0. The monoisotopic (exact) mass is 334 g/mol. The van der Waals surface area contributed by atoms with Crippen molar-refractivity contribution in [2.75, 3.05) is 6.54 Å². The number of hydrogen-bond donors (Lipinski definition) is 4. The van der Waals surface area contributed by atoms with E-state index in [0.717, 1.165) is 0 Å². The van der Waals surface area contributed by atoms with Gasteiger partial charge in [-0.1, -0.05) is 0 Å². The van der Waals surface area contributed by atoms with Crippen LogP contribution in [0.1, 0.15) is 19.3 Å². The quantitative estimate of drug-likeness (QED) is 0.137. The Balaban J connectivity index is -0.00000180.